The van der Waals surface area contributed by atoms with Crippen LogP contribution >= 0.6 is 22.6 Å². The summed E-state index contributed by atoms with van der Waals surface area (Å²) in [5, 5.41) is 20.9. The van der Waals surface area contributed by atoms with Crippen LogP contribution in [0, 0.1) is 3.57 Å². The quantitative estimate of drug-likeness (QED) is 0.731. The first kappa shape index (κ1) is 12.3. The summed E-state index contributed by atoms with van der Waals surface area (Å²) in [5.74, 6) is -0.220. The molecule has 1 atom stereocenters. The Bertz CT molecular complexity index is 366. The summed E-state index contributed by atoms with van der Waals surface area (Å²) in [7, 11) is 0. The van der Waals surface area contributed by atoms with E-state index < -0.39 is 6.10 Å². The highest BCUT2D eigenvalue weighted by Gasteiger charge is 2.08. The van der Waals surface area contributed by atoms with Crippen molar-refractivity contribution in [1.29, 1.82) is 0 Å². The molecule has 0 aliphatic rings. The van der Waals surface area contributed by atoms with E-state index in [0.29, 0.717) is 9.13 Å². The maximum atomic E-state index is 11.5. The van der Waals surface area contributed by atoms with E-state index in [4.69, 9.17) is 5.11 Å². The van der Waals surface area contributed by atoms with Gasteiger partial charge in [0.2, 0.25) is 0 Å². The maximum Gasteiger partial charge on any atom is 0.251 e. The second-order valence-corrected chi connectivity index (χ2v) is 4.39. The van der Waals surface area contributed by atoms with Crippen molar-refractivity contribution in [2.75, 3.05) is 6.54 Å². The summed E-state index contributed by atoms with van der Waals surface area (Å²) in [5.41, 5.74) is 0.383. The molecule has 0 spiro atoms. The summed E-state index contributed by atoms with van der Waals surface area (Å²) in [6, 6.07) is 4.69. The van der Waals surface area contributed by atoms with Crippen LogP contribution in [0.2, 0.25) is 0 Å². The lowest BCUT2D eigenvalue weighted by atomic mass is 10.2. The van der Waals surface area contributed by atoms with Crippen molar-refractivity contribution in [3.05, 3.63) is 27.3 Å². The first-order valence-electron chi connectivity index (χ1n) is 4.45. The van der Waals surface area contributed by atoms with Crippen molar-refractivity contribution in [3.8, 4) is 5.75 Å². The van der Waals surface area contributed by atoms with Gasteiger partial charge in [-0.3, -0.25) is 4.79 Å². The van der Waals surface area contributed by atoms with Gasteiger partial charge in [0.1, 0.15) is 5.75 Å². The molecule has 1 amide bonds. The molecule has 0 bridgehead atoms. The van der Waals surface area contributed by atoms with Gasteiger partial charge in [0.15, 0.2) is 0 Å². The lowest BCUT2D eigenvalue weighted by Crippen LogP contribution is -2.30. The monoisotopic (exact) mass is 321 g/mol. The Hall–Kier alpha value is -0.820. The Morgan fingerprint density at radius 2 is 2.27 bits per heavy atom. The molecule has 0 aliphatic heterocycles. The van der Waals surface area contributed by atoms with Crippen LogP contribution < -0.4 is 5.32 Å². The second kappa shape index (κ2) is 5.32. The van der Waals surface area contributed by atoms with Gasteiger partial charge in [-0.15, -0.1) is 0 Å². The minimum Gasteiger partial charge on any atom is -0.507 e. The van der Waals surface area contributed by atoms with Gasteiger partial charge in [-0.25, -0.2) is 0 Å². The molecule has 1 aromatic rings. The molecule has 0 saturated carbocycles. The van der Waals surface area contributed by atoms with Crippen LogP contribution in [0.25, 0.3) is 0 Å². The third-order valence-corrected chi connectivity index (χ3v) is 2.68. The molecule has 0 aliphatic carbocycles. The molecular weight excluding hydrogens is 309 g/mol. The molecule has 0 heterocycles. The number of aliphatic hydroxyl groups excluding tert-OH is 1. The topological polar surface area (TPSA) is 69.6 Å². The number of nitrogens with one attached hydrogen (secondary N) is 1. The maximum absolute atomic E-state index is 11.5. The van der Waals surface area contributed by atoms with Crippen molar-refractivity contribution in [2.45, 2.75) is 13.0 Å². The Balaban J connectivity index is 2.70. The van der Waals surface area contributed by atoms with Crippen LogP contribution in [-0.4, -0.2) is 28.8 Å². The number of benzene rings is 1. The van der Waals surface area contributed by atoms with Gasteiger partial charge < -0.3 is 15.5 Å². The average Bonchev–Trinajstić information content (AvgIpc) is 2.18. The van der Waals surface area contributed by atoms with Gasteiger partial charge in [0.05, 0.1) is 9.67 Å². The van der Waals surface area contributed by atoms with Gasteiger partial charge in [-0.1, -0.05) is 0 Å². The lowest BCUT2D eigenvalue weighted by Gasteiger charge is -2.07. The van der Waals surface area contributed by atoms with E-state index in [2.05, 4.69) is 5.32 Å². The summed E-state index contributed by atoms with van der Waals surface area (Å²) in [6.07, 6.45) is -0.577. The first-order valence-corrected chi connectivity index (χ1v) is 5.53. The molecule has 1 rings (SSSR count). The third-order valence-electron chi connectivity index (χ3n) is 1.77. The molecule has 4 nitrogen and oxygen atoms in total. The van der Waals surface area contributed by atoms with Crippen LogP contribution in [0.1, 0.15) is 17.3 Å². The number of carbonyl (C=O) groups excluding carboxylic acids is 1. The van der Waals surface area contributed by atoms with Crippen molar-refractivity contribution in [3.63, 3.8) is 0 Å². The number of amides is 1. The van der Waals surface area contributed by atoms with Crippen LogP contribution in [0.5, 0.6) is 5.75 Å². The third kappa shape index (κ3) is 3.67. The van der Waals surface area contributed by atoms with Crippen molar-refractivity contribution in [2.24, 2.45) is 0 Å². The van der Waals surface area contributed by atoms with E-state index in [1.807, 2.05) is 22.6 Å². The number of hydrogen-bond acceptors (Lipinski definition) is 3. The van der Waals surface area contributed by atoms with Crippen LogP contribution in [0.4, 0.5) is 0 Å². The average molecular weight is 321 g/mol. The fraction of sp³-hybridized carbons (Fsp3) is 0.300. The number of hydrogen-bond donors (Lipinski definition) is 3. The molecule has 0 unspecified atom stereocenters. The molecular formula is C10H12INO3. The molecule has 1 aromatic carbocycles. The number of rotatable bonds is 3. The fourth-order valence-electron chi connectivity index (χ4n) is 0.996. The zero-order valence-electron chi connectivity index (χ0n) is 8.20. The van der Waals surface area contributed by atoms with E-state index in [1.54, 1.807) is 19.1 Å². The minimum absolute atomic E-state index is 0.0836. The predicted molar refractivity (Wildman–Crippen MR) is 64.8 cm³/mol. The Labute approximate surface area is 101 Å². The number of halogens is 1. The number of carbonyl (C=O) groups is 1. The highest BCUT2D eigenvalue weighted by molar-refractivity contribution is 14.1. The smallest absolute Gasteiger partial charge is 0.251 e. The van der Waals surface area contributed by atoms with Crippen LogP contribution in [0.3, 0.4) is 0 Å². The number of phenols is 1. The fourth-order valence-corrected chi connectivity index (χ4v) is 1.33. The predicted octanol–water partition coefficient (Wildman–Crippen LogP) is 1.11. The van der Waals surface area contributed by atoms with Gasteiger partial charge >= 0.3 is 0 Å². The van der Waals surface area contributed by atoms with Gasteiger partial charge in [-0.05, 0) is 47.7 Å². The number of phenolic OH excluding ortho intramolecular Hbond substituents is 1. The van der Waals surface area contributed by atoms with Crippen LogP contribution in [-0.2, 0) is 0 Å². The Morgan fingerprint density at radius 3 is 2.80 bits per heavy atom. The van der Waals surface area contributed by atoms with Gasteiger partial charge in [-0.2, -0.15) is 0 Å². The summed E-state index contributed by atoms with van der Waals surface area (Å²) in [6.45, 7) is 1.79. The second-order valence-electron chi connectivity index (χ2n) is 3.23. The van der Waals surface area contributed by atoms with Gasteiger partial charge in [0, 0.05) is 12.1 Å². The SMILES string of the molecule is C[C@@H](O)CNC(=O)c1ccc(I)c(O)c1. The van der Waals surface area contributed by atoms with E-state index in [0.717, 1.165) is 0 Å². The normalized spacial score (nSPS) is 12.2. The van der Waals surface area contributed by atoms with Crippen molar-refractivity contribution >= 4 is 28.5 Å². The zero-order valence-corrected chi connectivity index (χ0v) is 10.4. The molecule has 82 valence electrons. The molecule has 0 fully saturated rings. The Kier molecular flexibility index (Phi) is 4.34. The number of aromatic hydroxyl groups is 1. The van der Waals surface area contributed by atoms with Crippen LogP contribution in [0.15, 0.2) is 18.2 Å². The van der Waals surface area contributed by atoms with E-state index in [9.17, 15) is 9.90 Å². The Morgan fingerprint density at radius 1 is 1.60 bits per heavy atom. The van der Waals surface area contributed by atoms with E-state index >= 15 is 0 Å². The van der Waals surface area contributed by atoms with Crippen molar-refractivity contribution < 1.29 is 15.0 Å². The van der Waals surface area contributed by atoms with E-state index in [1.165, 1.54) is 6.07 Å². The first-order chi connectivity index (χ1) is 7.00. The molecule has 5 heteroatoms. The molecule has 0 saturated heterocycles. The standard InChI is InChI=1S/C10H12INO3/c1-6(13)5-12-10(15)7-2-3-8(11)9(14)4-7/h2-4,6,13-14H,5H2,1H3,(H,12,15)/t6-/m1/s1. The molecule has 0 radical (unpaired) electrons. The van der Waals surface area contributed by atoms with E-state index in [-0.39, 0.29) is 18.2 Å². The highest BCUT2D eigenvalue weighted by Crippen LogP contribution is 2.20. The minimum atomic E-state index is -0.577. The molecule has 15 heavy (non-hydrogen) atoms. The number of aliphatic hydroxyl groups is 1. The summed E-state index contributed by atoms with van der Waals surface area (Å²) in [4.78, 5) is 11.5. The highest BCUT2D eigenvalue weighted by atomic mass is 127. The lowest BCUT2D eigenvalue weighted by molar-refractivity contribution is 0.0923. The van der Waals surface area contributed by atoms with Gasteiger partial charge in [0.25, 0.3) is 5.91 Å². The summed E-state index contributed by atoms with van der Waals surface area (Å²) >= 11 is 1.97. The summed E-state index contributed by atoms with van der Waals surface area (Å²) < 4.78 is 0.694. The molecule has 0 aromatic heterocycles. The van der Waals surface area contributed by atoms with Crippen molar-refractivity contribution in [1.82, 2.24) is 5.32 Å². The largest absolute Gasteiger partial charge is 0.507 e. The zero-order chi connectivity index (χ0) is 11.4. The molecule has 3 N–H and O–H groups in total.